The van der Waals surface area contributed by atoms with Gasteiger partial charge in [-0.15, -0.1) is 0 Å². The molecule has 0 aliphatic rings. The fraction of sp³-hybridized carbons (Fsp3) is 0.438. The molecule has 1 rings (SSSR count). The van der Waals surface area contributed by atoms with Crippen LogP contribution in [0, 0.1) is 0 Å². The van der Waals surface area contributed by atoms with E-state index in [2.05, 4.69) is 10.5 Å². The van der Waals surface area contributed by atoms with Crippen LogP contribution >= 0.6 is 0 Å². The normalized spacial score (nSPS) is 11.2. The number of unbranched alkanes of at least 4 members (excludes halogenated alkanes) is 4. The van der Waals surface area contributed by atoms with E-state index < -0.39 is 11.9 Å². The van der Waals surface area contributed by atoms with Crippen molar-refractivity contribution in [1.82, 2.24) is 0 Å². The minimum absolute atomic E-state index is 0.106. The van der Waals surface area contributed by atoms with Gasteiger partial charge in [0.1, 0.15) is 5.71 Å². The molecule has 0 unspecified atom stereocenters. The highest BCUT2D eigenvalue weighted by molar-refractivity contribution is 6.35. The second kappa shape index (κ2) is 10.4. The van der Waals surface area contributed by atoms with Crippen molar-refractivity contribution in [3.8, 4) is 0 Å². The first-order valence-electron chi connectivity index (χ1n) is 7.42. The molecule has 120 valence electrons. The van der Waals surface area contributed by atoms with Crippen LogP contribution in [0.15, 0.2) is 35.4 Å². The molecule has 1 aromatic carbocycles. The molecule has 3 N–H and O–H groups in total. The summed E-state index contributed by atoms with van der Waals surface area (Å²) in [5.41, 5.74) is 3.59. The highest BCUT2D eigenvalue weighted by Gasteiger charge is 2.09. The van der Waals surface area contributed by atoms with Gasteiger partial charge in [0, 0.05) is 6.42 Å². The zero-order valence-electron chi connectivity index (χ0n) is 12.5. The zero-order chi connectivity index (χ0) is 16.2. The quantitative estimate of drug-likeness (QED) is 0.331. The van der Waals surface area contributed by atoms with E-state index in [1.807, 2.05) is 30.3 Å². The van der Waals surface area contributed by atoms with E-state index in [1.165, 1.54) is 0 Å². The van der Waals surface area contributed by atoms with Crippen LogP contribution in [-0.4, -0.2) is 27.9 Å². The lowest BCUT2D eigenvalue weighted by Gasteiger charge is -2.04. The molecule has 0 heterocycles. The van der Waals surface area contributed by atoms with E-state index in [9.17, 15) is 9.59 Å². The molecule has 0 spiro atoms. The Kier molecular flexibility index (Phi) is 8.33. The third kappa shape index (κ3) is 8.04. The molecule has 0 saturated carbocycles. The molecule has 6 heteroatoms. The van der Waals surface area contributed by atoms with Gasteiger partial charge in [0.15, 0.2) is 0 Å². The van der Waals surface area contributed by atoms with Crippen LogP contribution in [0.3, 0.4) is 0 Å². The SMILES string of the molecule is O=C(O)CCCCCCC/C(=N\Nc1ccccc1)C(=O)O. The molecule has 1 aromatic rings. The van der Waals surface area contributed by atoms with Crippen LogP contribution in [-0.2, 0) is 9.59 Å². The molecule has 6 nitrogen and oxygen atoms in total. The largest absolute Gasteiger partial charge is 0.481 e. The molecule has 0 atom stereocenters. The Hall–Kier alpha value is -2.37. The van der Waals surface area contributed by atoms with Crippen LogP contribution in [0.4, 0.5) is 5.69 Å². The molecular weight excluding hydrogens is 284 g/mol. The summed E-state index contributed by atoms with van der Waals surface area (Å²) in [4.78, 5) is 21.5. The van der Waals surface area contributed by atoms with Gasteiger partial charge in [-0.2, -0.15) is 5.10 Å². The van der Waals surface area contributed by atoms with E-state index in [0.29, 0.717) is 12.8 Å². The van der Waals surface area contributed by atoms with Gasteiger partial charge in [0.2, 0.25) is 0 Å². The Morgan fingerprint density at radius 3 is 2.09 bits per heavy atom. The van der Waals surface area contributed by atoms with Crippen LogP contribution in [0.5, 0.6) is 0 Å². The summed E-state index contributed by atoms with van der Waals surface area (Å²) in [6.07, 6.45) is 4.63. The number of carbonyl (C=O) groups is 2. The van der Waals surface area contributed by atoms with E-state index in [4.69, 9.17) is 10.2 Å². The van der Waals surface area contributed by atoms with Gasteiger partial charge in [-0.3, -0.25) is 10.2 Å². The van der Waals surface area contributed by atoms with Crippen LogP contribution in [0.1, 0.15) is 44.9 Å². The lowest BCUT2D eigenvalue weighted by Crippen LogP contribution is -2.14. The molecule has 0 amide bonds. The highest BCUT2D eigenvalue weighted by atomic mass is 16.4. The summed E-state index contributed by atoms with van der Waals surface area (Å²) in [5, 5.41) is 21.6. The first-order chi connectivity index (χ1) is 10.6. The Bertz CT molecular complexity index is 500. The second-order valence-corrected chi connectivity index (χ2v) is 5.00. The number of hydrazone groups is 1. The molecule has 0 saturated heterocycles. The average Bonchev–Trinajstić information content (AvgIpc) is 2.49. The summed E-state index contributed by atoms with van der Waals surface area (Å²) in [7, 11) is 0. The maximum atomic E-state index is 11.1. The number of hydrogen-bond acceptors (Lipinski definition) is 4. The molecular formula is C16H22N2O4. The maximum absolute atomic E-state index is 11.1. The minimum Gasteiger partial charge on any atom is -0.481 e. The number of rotatable bonds is 11. The third-order valence-electron chi connectivity index (χ3n) is 3.14. The molecule has 0 aliphatic carbocycles. The van der Waals surface area contributed by atoms with E-state index in [-0.39, 0.29) is 12.1 Å². The summed E-state index contributed by atoms with van der Waals surface area (Å²) in [5.74, 6) is -1.79. The predicted molar refractivity (Wildman–Crippen MR) is 85.1 cm³/mol. The predicted octanol–water partition coefficient (Wildman–Crippen LogP) is 3.35. The van der Waals surface area contributed by atoms with Crippen molar-refractivity contribution in [2.45, 2.75) is 44.9 Å². The van der Waals surface area contributed by atoms with Crippen LogP contribution in [0.2, 0.25) is 0 Å². The Labute approximate surface area is 129 Å². The Morgan fingerprint density at radius 2 is 1.50 bits per heavy atom. The highest BCUT2D eigenvalue weighted by Crippen LogP contribution is 2.09. The number of carboxylic acid groups (broad SMARTS) is 2. The molecule has 0 aromatic heterocycles. The van der Waals surface area contributed by atoms with Crippen molar-refractivity contribution in [2.24, 2.45) is 5.10 Å². The lowest BCUT2D eigenvalue weighted by atomic mass is 10.1. The van der Waals surface area contributed by atoms with Crippen molar-refractivity contribution in [3.63, 3.8) is 0 Å². The minimum atomic E-state index is -1.02. The first kappa shape index (κ1) is 17.7. The van der Waals surface area contributed by atoms with Crippen molar-refractivity contribution in [3.05, 3.63) is 30.3 Å². The smallest absolute Gasteiger partial charge is 0.352 e. The number of carboxylic acids is 2. The number of nitrogens with one attached hydrogen (secondary N) is 1. The first-order valence-corrected chi connectivity index (χ1v) is 7.42. The lowest BCUT2D eigenvalue weighted by molar-refractivity contribution is -0.137. The number of benzene rings is 1. The molecule has 0 radical (unpaired) electrons. The number of anilines is 1. The average molecular weight is 306 g/mol. The summed E-state index contributed by atoms with van der Waals surface area (Å²) >= 11 is 0. The fourth-order valence-corrected chi connectivity index (χ4v) is 1.95. The summed E-state index contributed by atoms with van der Waals surface area (Å²) in [6, 6.07) is 9.18. The standard InChI is InChI=1S/C16H22N2O4/c19-15(20)12-8-3-1-2-7-11-14(16(21)22)18-17-13-9-5-4-6-10-13/h4-6,9-10,17H,1-3,7-8,11-12H2,(H,19,20)(H,21,22)/b18-14+. The molecule has 22 heavy (non-hydrogen) atoms. The van der Waals surface area contributed by atoms with Crippen molar-refractivity contribution < 1.29 is 19.8 Å². The van der Waals surface area contributed by atoms with E-state index >= 15 is 0 Å². The third-order valence-corrected chi connectivity index (χ3v) is 3.14. The monoisotopic (exact) mass is 306 g/mol. The van der Waals surface area contributed by atoms with E-state index in [1.54, 1.807) is 0 Å². The van der Waals surface area contributed by atoms with Crippen LogP contribution in [0.25, 0.3) is 0 Å². The summed E-state index contributed by atoms with van der Waals surface area (Å²) < 4.78 is 0. The second-order valence-electron chi connectivity index (χ2n) is 5.00. The van der Waals surface area contributed by atoms with Gasteiger partial charge in [0.05, 0.1) is 5.69 Å². The van der Waals surface area contributed by atoms with E-state index in [0.717, 1.165) is 31.4 Å². The number of nitrogens with zero attached hydrogens (tertiary/aromatic N) is 1. The molecule has 0 bridgehead atoms. The number of aliphatic carboxylic acids is 2. The van der Waals surface area contributed by atoms with Gasteiger partial charge < -0.3 is 10.2 Å². The molecule has 0 fully saturated rings. The van der Waals surface area contributed by atoms with Crippen molar-refractivity contribution in [2.75, 3.05) is 5.43 Å². The molecule has 0 aliphatic heterocycles. The van der Waals surface area contributed by atoms with Gasteiger partial charge in [-0.25, -0.2) is 4.79 Å². The zero-order valence-corrected chi connectivity index (χ0v) is 12.5. The number of para-hydroxylation sites is 1. The number of hydrogen-bond donors (Lipinski definition) is 3. The van der Waals surface area contributed by atoms with Gasteiger partial charge in [-0.1, -0.05) is 37.5 Å². The maximum Gasteiger partial charge on any atom is 0.352 e. The van der Waals surface area contributed by atoms with Gasteiger partial charge in [0.25, 0.3) is 0 Å². The Morgan fingerprint density at radius 1 is 0.909 bits per heavy atom. The van der Waals surface area contributed by atoms with Crippen molar-refractivity contribution in [1.29, 1.82) is 0 Å². The van der Waals surface area contributed by atoms with Crippen LogP contribution < -0.4 is 5.43 Å². The summed E-state index contributed by atoms with van der Waals surface area (Å²) in [6.45, 7) is 0. The van der Waals surface area contributed by atoms with Gasteiger partial charge >= 0.3 is 11.9 Å². The fourth-order valence-electron chi connectivity index (χ4n) is 1.95. The topological polar surface area (TPSA) is 99.0 Å². The van der Waals surface area contributed by atoms with Gasteiger partial charge in [-0.05, 0) is 31.4 Å². The Balaban J connectivity index is 2.27. The van der Waals surface area contributed by atoms with Crippen molar-refractivity contribution >= 4 is 23.3 Å².